The van der Waals surface area contributed by atoms with Crippen LogP contribution in [0.1, 0.15) is 31.9 Å². The molecule has 0 atom stereocenters. The van der Waals surface area contributed by atoms with Crippen molar-refractivity contribution in [1.29, 1.82) is 0 Å². The van der Waals surface area contributed by atoms with E-state index in [-0.39, 0.29) is 11.1 Å². The number of rotatable bonds is 6. The van der Waals surface area contributed by atoms with Gasteiger partial charge in [0.1, 0.15) is 11.5 Å². The Bertz CT molecular complexity index is 810. The quantitative estimate of drug-likeness (QED) is 0.471. The first-order valence-corrected chi connectivity index (χ1v) is 9.39. The Morgan fingerprint density at radius 2 is 1.88 bits per heavy atom. The number of benzene rings is 1. The molecule has 0 N–H and O–H groups in total. The molecule has 0 saturated carbocycles. The summed E-state index contributed by atoms with van der Waals surface area (Å²) in [4.78, 5) is 26.1. The van der Waals surface area contributed by atoms with Crippen LogP contribution in [0.25, 0.3) is 17.4 Å². The second kappa shape index (κ2) is 7.93. The van der Waals surface area contributed by atoms with Gasteiger partial charge in [0.25, 0.3) is 11.1 Å². The predicted octanol–water partition coefficient (Wildman–Crippen LogP) is 5.83. The van der Waals surface area contributed by atoms with E-state index in [1.54, 1.807) is 24.3 Å². The van der Waals surface area contributed by atoms with E-state index in [9.17, 15) is 9.59 Å². The summed E-state index contributed by atoms with van der Waals surface area (Å²) >= 11 is 6.85. The molecule has 1 aromatic carbocycles. The van der Waals surface area contributed by atoms with Gasteiger partial charge in [0.2, 0.25) is 0 Å². The summed E-state index contributed by atoms with van der Waals surface area (Å²) in [6.07, 6.45) is 4.52. The Hall–Kier alpha value is -1.98. The summed E-state index contributed by atoms with van der Waals surface area (Å²) in [5.74, 6) is 0.990. The molecule has 1 aliphatic rings. The molecule has 1 aliphatic heterocycles. The summed E-state index contributed by atoms with van der Waals surface area (Å²) in [5.41, 5.74) is 0.900. The van der Waals surface area contributed by atoms with Crippen LogP contribution in [-0.2, 0) is 4.79 Å². The highest BCUT2D eigenvalue weighted by Gasteiger charge is 2.34. The van der Waals surface area contributed by atoms with E-state index in [2.05, 4.69) is 6.92 Å². The molecule has 2 heterocycles. The third-order valence-corrected chi connectivity index (χ3v) is 5.05. The van der Waals surface area contributed by atoms with E-state index in [1.165, 1.54) is 4.90 Å². The van der Waals surface area contributed by atoms with Gasteiger partial charge in [0.05, 0.1) is 4.91 Å². The maximum Gasteiger partial charge on any atom is 0.293 e. The predicted molar refractivity (Wildman–Crippen MR) is 101 cm³/mol. The molecule has 0 spiro atoms. The van der Waals surface area contributed by atoms with Gasteiger partial charge in [-0.1, -0.05) is 31.4 Å². The number of nitrogens with zero attached hydrogens (tertiary/aromatic N) is 1. The topological polar surface area (TPSA) is 50.5 Å². The fraction of sp³-hybridized carbons (Fsp3) is 0.263. The van der Waals surface area contributed by atoms with Gasteiger partial charge in [-0.05, 0) is 54.6 Å². The highest BCUT2D eigenvalue weighted by Crippen LogP contribution is 2.33. The number of furan rings is 1. The van der Waals surface area contributed by atoms with Crippen LogP contribution in [0.4, 0.5) is 4.79 Å². The number of carbonyl (C=O) groups is 2. The van der Waals surface area contributed by atoms with Crippen LogP contribution in [0, 0.1) is 0 Å². The average Bonchev–Trinajstić information content (AvgIpc) is 3.16. The van der Waals surface area contributed by atoms with Crippen molar-refractivity contribution < 1.29 is 14.0 Å². The Morgan fingerprint density at radius 3 is 2.60 bits per heavy atom. The Labute approximate surface area is 155 Å². The molecule has 0 unspecified atom stereocenters. The molecule has 1 saturated heterocycles. The molecule has 1 aromatic heterocycles. The molecular formula is C19H18ClNO3S. The molecule has 130 valence electrons. The number of hydrogen-bond donors (Lipinski definition) is 0. The van der Waals surface area contributed by atoms with Crippen LogP contribution < -0.4 is 0 Å². The van der Waals surface area contributed by atoms with Crippen LogP contribution in [-0.4, -0.2) is 22.6 Å². The van der Waals surface area contributed by atoms with Gasteiger partial charge in [-0.2, -0.15) is 0 Å². The summed E-state index contributed by atoms with van der Waals surface area (Å²) in [5, 5.41) is 0.448. The van der Waals surface area contributed by atoms with E-state index >= 15 is 0 Å². The molecule has 0 radical (unpaired) electrons. The number of hydrogen-bond acceptors (Lipinski definition) is 4. The SMILES string of the molecule is CCCCCN1C(=O)S/C(=C\c2ccc(-c3ccc(Cl)cc3)o2)C1=O. The first kappa shape index (κ1) is 17.8. The number of imide groups is 1. The van der Waals surface area contributed by atoms with Gasteiger partial charge < -0.3 is 4.42 Å². The van der Waals surface area contributed by atoms with Crippen molar-refractivity contribution in [3.8, 4) is 11.3 Å². The lowest BCUT2D eigenvalue weighted by molar-refractivity contribution is -0.122. The Morgan fingerprint density at radius 1 is 1.12 bits per heavy atom. The van der Waals surface area contributed by atoms with Gasteiger partial charge in [-0.25, -0.2) is 0 Å². The zero-order valence-electron chi connectivity index (χ0n) is 13.8. The molecule has 0 bridgehead atoms. The maximum atomic E-state index is 12.4. The molecule has 25 heavy (non-hydrogen) atoms. The smallest absolute Gasteiger partial charge is 0.293 e. The van der Waals surface area contributed by atoms with Gasteiger partial charge >= 0.3 is 0 Å². The summed E-state index contributed by atoms with van der Waals surface area (Å²) in [6, 6.07) is 10.9. The van der Waals surface area contributed by atoms with Crippen molar-refractivity contribution in [2.45, 2.75) is 26.2 Å². The largest absolute Gasteiger partial charge is 0.457 e. The average molecular weight is 376 g/mol. The van der Waals surface area contributed by atoms with Crippen LogP contribution in [0.5, 0.6) is 0 Å². The van der Waals surface area contributed by atoms with Crippen LogP contribution >= 0.6 is 23.4 Å². The molecule has 0 aliphatic carbocycles. The van der Waals surface area contributed by atoms with Crippen LogP contribution in [0.3, 0.4) is 0 Å². The van der Waals surface area contributed by atoms with Crippen molar-refractivity contribution in [3.05, 3.63) is 52.1 Å². The third-order valence-electron chi connectivity index (χ3n) is 3.89. The van der Waals surface area contributed by atoms with Gasteiger partial charge in [-0.3, -0.25) is 14.5 Å². The van der Waals surface area contributed by atoms with Crippen molar-refractivity contribution >= 4 is 40.6 Å². The van der Waals surface area contributed by atoms with E-state index < -0.39 is 0 Å². The van der Waals surface area contributed by atoms with Gasteiger partial charge in [0, 0.05) is 23.2 Å². The first-order chi connectivity index (χ1) is 12.1. The van der Waals surface area contributed by atoms with E-state index in [1.807, 2.05) is 18.2 Å². The Balaban J connectivity index is 1.74. The van der Waals surface area contributed by atoms with Crippen molar-refractivity contribution in [2.75, 3.05) is 6.54 Å². The number of halogens is 1. The van der Waals surface area contributed by atoms with E-state index in [4.69, 9.17) is 16.0 Å². The first-order valence-electron chi connectivity index (χ1n) is 8.19. The highest BCUT2D eigenvalue weighted by atomic mass is 35.5. The van der Waals surface area contributed by atoms with Crippen molar-refractivity contribution in [1.82, 2.24) is 4.90 Å². The second-order valence-electron chi connectivity index (χ2n) is 5.75. The molecular weight excluding hydrogens is 358 g/mol. The van der Waals surface area contributed by atoms with E-state index in [0.29, 0.717) is 28.0 Å². The fourth-order valence-corrected chi connectivity index (χ4v) is 3.51. The highest BCUT2D eigenvalue weighted by molar-refractivity contribution is 8.18. The lowest BCUT2D eigenvalue weighted by atomic mass is 10.2. The van der Waals surface area contributed by atoms with E-state index in [0.717, 1.165) is 36.6 Å². The zero-order chi connectivity index (χ0) is 17.8. The Kier molecular flexibility index (Phi) is 5.66. The van der Waals surface area contributed by atoms with Crippen LogP contribution in [0.2, 0.25) is 5.02 Å². The number of unbranched alkanes of at least 4 members (excludes halogenated alkanes) is 2. The molecule has 2 aromatic rings. The molecule has 1 fully saturated rings. The normalized spacial score (nSPS) is 16.2. The van der Waals surface area contributed by atoms with Gasteiger partial charge in [0.15, 0.2) is 0 Å². The zero-order valence-corrected chi connectivity index (χ0v) is 15.4. The lowest BCUT2D eigenvalue weighted by Crippen LogP contribution is -2.29. The fourth-order valence-electron chi connectivity index (χ4n) is 2.54. The second-order valence-corrected chi connectivity index (χ2v) is 7.18. The third kappa shape index (κ3) is 4.17. The molecule has 3 rings (SSSR count). The molecule has 2 amide bonds. The minimum absolute atomic E-state index is 0.211. The number of thioether (sulfide) groups is 1. The summed E-state index contributed by atoms with van der Waals surface area (Å²) < 4.78 is 5.77. The van der Waals surface area contributed by atoms with Crippen LogP contribution in [0.15, 0.2) is 45.7 Å². The minimum atomic E-state index is -0.240. The monoisotopic (exact) mass is 375 g/mol. The maximum absolute atomic E-state index is 12.4. The summed E-state index contributed by atoms with van der Waals surface area (Å²) in [6.45, 7) is 2.56. The molecule has 6 heteroatoms. The summed E-state index contributed by atoms with van der Waals surface area (Å²) in [7, 11) is 0. The minimum Gasteiger partial charge on any atom is -0.457 e. The number of amides is 2. The molecule has 4 nitrogen and oxygen atoms in total. The number of carbonyl (C=O) groups excluding carboxylic acids is 2. The van der Waals surface area contributed by atoms with Crippen molar-refractivity contribution in [3.63, 3.8) is 0 Å². The van der Waals surface area contributed by atoms with Gasteiger partial charge in [-0.15, -0.1) is 0 Å². The lowest BCUT2D eigenvalue weighted by Gasteiger charge is -2.11. The standard InChI is InChI=1S/C19H18ClNO3S/c1-2-3-4-11-21-18(22)17(25-19(21)23)12-15-9-10-16(24-15)13-5-7-14(20)8-6-13/h5-10,12H,2-4,11H2,1H3/b17-12-. The van der Waals surface area contributed by atoms with Crippen molar-refractivity contribution in [2.24, 2.45) is 0 Å².